The SMILES string of the molecule is C[N+]1(C(=O)OCc2ccc([N+](=O)[O-])cc2)C[C@H](OS(C)(=O)=O)C[C@H]1n1cc[nH]c1=O. The number of carbonyl (C=O) groups is 1. The van der Waals surface area contributed by atoms with Crippen LogP contribution in [0.2, 0.25) is 0 Å². The molecule has 0 saturated carbocycles. The van der Waals surface area contributed by atoms with Crippen molar-refractivity contribution in [1.82, 2.24) is 9.55 Å². The smallest absolute Gasteiger partial charge is 0.415 e. The summed E-state index contributed by atoms with van der Waals surface area (Å²) in [6.45, 7) is -0.161. The van der Waals surface area contributed by atoms with Crippen molar-refractivity contribution < 1.29 is 31.5 Å². The van der Waals surface area contributed by atoms with Crippen molar-refractivity contribution in [2.24, 2.45) is 0 Å². The van der Waals surface area contributed by atoms with E-state index in [0.29, 0.717) is 5.56 Å². The van der Waals surface area contributed by atoms with Crippen LogP contribution in [-0.4, -0.2) is 59.4 Å². The number of nitro groups is 1. The quantitative estimate of drug-likeness (QED) is 0.303. The number of aromatic nitrogens is 2. The maximum atomic E-state index is 13.0. The minimum atomic E-state index is -3.76. The molecule has 3 atom stereocenters. The molecule has 0 aliphatic carbocycles. The van der Waals surface area contributed by atoms with Crippen LogP contribution in [0.25, 0.3) is 0 Å². The molecule has 0 spiro atoms. The molecule has 1 amide bonds. The normalized spacial score (nSPS) is 23.9. The van der Waals surface area contributed by atoms with Crippen LogP contribution in [0.4, 0.5) is 10.5 Å². The van der Waals surface area contributed by atoms with Gasteiger partial charge in [0.1, 0.15) is 19.3 Å². The molecule has 12 nitrogen and oxygen atoms in total. The molecule has 1 unspecified atom stereocenters. The number of nitro benzene ring substituents is 1. The van der Waals surface area contributed by atoms with E-state index in [1.54, 1.807) is 0 Å². The lowest BCUT2D eigenvalue weighted by Crippen LogP contribution is -2.52. The number of non-ortho nitro benzene ring substituents is 1. The monoisotopic (exact) mass is 441 g/mol. The summed E-state index contributed by atoms with van der Waals surface area (Å²) in [5, 5.41) is 10.7. The van der Waals surface area contributed by atoms with Gasteiger partial charge in [-0.25, -0.2) is 13.8 Å². The molecule has 1 N–H and O–H groups in total. The fourth-order valence-corrected chi connectivity index (χ4v) is 4.19. The third kappa shape index (κ3) is 4.58. The summed E-state index contributed by atoms with van der Waals surface area (Å²) in [4.78, 5) is 37.7. The maximum Gasteiger partial charge on any atom is 0.517 e. The number of nitrogens with one attached hydrogen (secondary N) is 1. The number of nitrogens with zero attached hydrogens (tertiary/aromatic N) is 3. The number of benzene rings is 1. The number of amides is 1. The Balaban J connectivity index is 1.80. The second-order valence-electron chi connectivity index (χ2n) is 7.24. The standard InChI is InChI=1S/C17H20N4O8S/c1-21(17(23)28-11-12-3-5-13(6-4-12)20(24)25)10-14(29-30(2,26)27)9-15(21)19-8-7-18-16(19)22/h3-8,14-15H,9-11H2,1-2H3/p+1/t14-,15+,21?/m1/s1. The van der Waals surface area contributed by atoms with E-state index in [4.69, 9.17) is 8.92 Å². The van der Waals surface area contributed by atoms with Crippen LogP contribution in [0.15, 0.2) is 41.5 Å². The first-order chi connectivity index (χ1) is 14.0. The van der Waals surface area contributed by atoms with Gasteiger partial charge < -0.3 is 9.72 Å². The Kier molecular flexibility index (Phi) is 5.78. The largest absolute Gasteiger partial charge is 0.517 e. The summed E-state index contributed by atoms with van der Waals surface area (Å²) >= 11 is 0. The van der Waals surface area contributed by atoms with E-state index >= 15 is 0 Å². The lowest BCUT2D eigenvalue weighted by molar-refractivity contribution is -0.867. The molecule has 30 heavy (non-hydrogen) atoms. The van der Waals surface area contributed by atoms with Gasteiger partial charge in [-0.2, -0.15) is 13.2 Å². The highest BCUT2D eigenvalue weighted by Crippen LogP contribution is 2.36. The minimum absolute atomic E-state index is 0.0194. The van der Waals surface area contributed by atoms with Crippen LogP contribution in [0.5, 0.6) is 0 Å². The van der Waals surface area contributed by atoms with Gasteiger partial charge in [0.25, 0.3) is 15.8 Å². The molecular weight excluding hydrogens is 420 g/mol. The average molecular weight is 441 g/mol. The molecule has 1 aliphatic heterocycles. The molecule has 1 aliphatic rings. The number of quaternary nitrogens is 1. The molecule has 13 heteroatoms. The molecule has 162 valence electrons. The van der Waals surface area contributed by atoms with E-state index in [-0.39, 0.29) is 25.3 Å². The summed E-state index contributed by atoms with van der Waals surface area (Å²) in [6.07, 6.45) is 1.67. The first-order valence-corrected chi connectivity index (χ1v) is 10.7. The fourth-order valence-electron chi connectivity index (χ4n) is 3.56. The predicted molar refractivity (Wildman–Crippen MR) is 103 cm³/mol. The van der Waals surface area contributed by atoms with Crippen LogP contribution in [0.3, 0.4) is 0 Å². The highest BCUT2D eigenvalue weighted by atomic mass is 32.2. The first kappa shape index (κ1) is 21.7. The number of hydrogen-bond donors (Lipinski definition) is 1. The highest BCUT2D eigenvalue weighted by molar-refractivity contribution is 7.86. The Hall–Kier alpha value is -3.03. The van der Waals surface area contributed by atoms with Gasteiger partial charge in [0.15, 0.2) is 6.17 Å². The number of aromatic amines is 1. The third-order valence-corrected chi connectivity index (χ3v) is 5.57. The topological polar surface area (TPSA) is 151 Å². The zero-order valence-electron chi connectivity index (χ0n) is 16.3. The van der Waals surface area contributed by atoms with Crippen molar-refractivity contribution in [3.63, 3.8) is 0 Å². The van der Waals surface area contributed by atoms with E-state index in [9.17, 15) is 28.1 Å². The molecular formula is C17H21N4O8S+. The number of likely N-dealkylation sites (N-methyl/N-ethyl adjacent to an activating group) is 1. The Morgan fingerprint density at radius 2 is 2.03 bits per heavy atom. The third-order valence-electron chi connectivity index (χ3n) is 4.95. The average Bonchev–Trinajstić information content (AvgIpc) is 3.21. The van der Waals surface area contributed by atoms with Crippen LogP contribution in [0.1, 0.15) is 18.2 Å². The lowest BCUT2D eigenvalue weighted by atomic mass is 10.2. The summed E-state index contributed by atoms with van der Waals surface area (Å²) in [5.74, 6) is 0. The zero-order valence-corrected chi connectivity index (χ0v) is 17.1. The van der Waals surface area contributed by atoms with Crippen molar-refractivity contribution in [2.45, 2.75) is 25.3 Å². The van der Waals surface area contributed by atoms with E-state index in [0.717, 1.165) is 6.26 Å². The number of carbonyl (C=O) groups excluding carboxylic acids is 1. The summed E-state index contributed by atoms with van der Waals surface area (Å²) in [5.41, 5.74) is 0.00263. The number of ether oxygens (including phenoxy) is 1. The van der Waals surface area contributed by atoms with E-state index in [1.807, 2.05) is 0 Å². The molecule has 3 rings (SSSR count). The van der Waals surface area contributed by atoms with Crippen LogP contribution in [-0.2, 0) is 25.6 Å². The van der Waals surface area contributed by atoms with Crippen LogP contribution < -0.4 is 5.69 Å². The number of imidazole rings is 1. The Morgan fingerprint density at radius 1 is 1.37 bits per heavy atom. The van der Waals surface area contributed by atoms with Gasteiger partial charge in [-0.05, 0) is 17.7 Å². The van der Waals surface area contributed by atoms with Gasteiger partial charge in [0.2, 0.25) is 0 Å². The molecule has 2 aromatic rings. The van der Waals surface area contributed by atoms with Crippen LogP contribution >= 0.6 is 0 Å². The molecule has 0 radical (unpaired) electrons. The summed E-state index contributed by atoms with van der Waals surface area (Å²) < 4.78 is 34.5. The van der Waals surface area contributed by atoms with Crippen molar-refractivity contribution in [3.05, 3.63) is 62.8 Å². The minimum Gasteiger partial charge on any atom is -0.415 e. The Labute approximate surface area is 171 Å². The summed E-state index contributed by atoms with van der Waals surface area (Å²) in [6, 6.07) is 5.54. The predicted octanol–water partition coefficient (Wildman–Crippen LogP) is 1.12. The van der Waals surface area contributed by atoms with E-state index in [1.165, 1.54) is 48.3 Å². The van der Waals surface area contributed by atoms with Gasteiger partial charge in [-0.1, -0.05) is 0 Å². The van der Waals surface area contributed by atoms with Gasteiger partial charge in [-0.15, -0.1) is 0 Å². The Morgan fingerprint density at radius 3 is 2.57 bits per heavy atom. The number of rotatable bonds is 6. The van der Waals surface area contributed by atoms with Crippen LogP contribution in [0, 0.1) is 10.1 Å². The van der Waals surface area contributed by atoms with Crippen molar-refractivity contribution in [3.8, 4) is 0 Å². The highest BCUT2D eigenvalue weighted by Gasteiger charge is 2.53. The molecule has 1 aromatic carbocycles. The molecule has 1 aromatic heterocycles. The fraction of sp³-hybridized carbons (Fsp3) is 0.412. The molecule has 1 fully saturated rings. The Bertz CT molecular complexity index is 1110. The maximum absolute atomic E-state index is 13.0. The van der Waals surface area contributed by atoms with Crippen molar-refractivity contribution in [1.29, 1.82) is 0 Å². The van der Waals surface area contributed by atoms with Crippen molar-refractivity contribution in [2.75, 3.05) is 19.8 Å². The molecule has 0 bridgehead atoms. The van der Waals surface area contributed by atoms with Gasteiger partial charge in [0.05, 0.1) is 24.6 Å². The first-order valence-electron chi connectivity index (χ1n) is 8.89. The zero-order chi connectivity index (χ0) is 22.1. The molecule has 1 saturated heterocycles. The number of hydrogen-bond acceptors (Lipinski definition) is 8. The van der Waals surface area contributed by atoms with E-state index < -0.39 is 43.6 Å². The second kappa shape index (κ2) is 8.01. The van der Waals surface area contributed by atoms with Gasteiger partial charge >= 0.3 is 11.8 Å². The number of likely N-dealkylation sites (tertiary alicyclic amines) is 1. The van der Waals surface area contributed by atoms with E-state index in [2.05, 4.69) is 4.98 Å². The van der Waals surface area contributed by atoms with Gasteiger partial charge in [-0.3, -0.25) is 14.3 Å². The van der Waals surface area contributed by atoms with Gasteiger partial charge in [0, 0.05) is 24.5 Å². The second-order valence-corrected chi connectivity index (χ2v) is 8.84. The molecule has 2 heterocycles. The van der Waals surface area contributed by atoms with Crippen molar-refractivity contribution >= 4 is 21.9 Å². The lowest BCUT2D eigenvalue weighted by Gasteiger charge is -2.31. The summed E-state index contributed by atoms with van der Waals surface area (Å²) in [7, 11) is -2.23. The number of H-pyrrole nitrogens is 1.